The molecule has 78 valence electrons. The molecule has 0 bridgehead atoms. The standard InChI is InChI=1S/C9H8F4O/c1-5-3-2-4-6(7(5)10)8(14)9(11,12)13/h2-4,8,14H,1H3. The molecule has 0 fully saturated rings. The third-order valence-electron chi connectivity index (χ3n) is 1.83. The van der Waals surface area contributed by atoms with Crippen LogP contribution in [0.3, 0.4) is 0 Å². The number of alkyl halides is 3. The lowest BCUT2D eigenvalue weighted by molar-refractivity contribution is -0.207. The first-order valence-corrected chi connectivity index (χ1v) is 3.84. The first-order valence-electron chi connectivity index (χ1n) is 3.84. The van der Waals surface area contributed by atoms with E-state index in [1.54, 1.807) is 0 Å². The summed E-state index contributed by atoms with van der Waals surface area (Å²) in [5.74, 6) is -1.02. The lowest BCUT2D eigenvalue weighted by Gasteiger charge is -2.15. The van der Waals surface area contributed by atoms with E-state index in [0.29, 0.717) is 0 Å². The van der Waals surface area contributed by atoms with Gasteiger partial charge in [-0.05, 0) is 12.5 Å². The van der Waals surface area contributed by atoms with E-state index in [4.69, 9.17) is 5.11 Å². The van der Waals surface area contributed by atoms with Crippen molar-refractivity contribution in [1.82, 2.24) is 0 Å². The highest BCUT2D eigenvalue weighted by Crippen LogP contribution is 2.34. The highest BCUT2D eigenvalue weighted by atomic mass is 19.4. The van der Waals surface area contributed by atoms with E-state index < -0.39 is 23.7 Å². The van der Waals surface area contributed by atoms with Crippen LogP contribution >= 0.6 is 0 Å². The van der Waals surface area contributed by atoms with Crippen molar-refractivity contribution in [2.45, 2.75) is 19.2 Å². The van der Waals surface area contributed by atoms with Gasteiger partial charge in [-0.1, -0.05) is 18.2 Å². The third-order valence-corrected chi connectivity index (χ3v) is 1.83. The van der Waals surface area contributed by atoms with Crippen molar-refractivity contribution in [3.05, 3.63) is 35.1 Å². The maximum absolute atomic E-state index is 13.1. The second-order valence-corrected chi connectivity index (χ2v) is 2.92. The summed E-state index contributed by atoms with van der Waals surface area (Å²) in [6, 6.07) is 3.52. The lowest BCUT2D eigenvalue weighted by atomic mass is 10.1. The molecule has 14 heavy (non-hydrogen) atoms. The summed E-state index contributed by atoms with van der Waals surface area (Å²) in [6.45, 7) is 1.34. The molecule has 0 aliphatic carbocycles. The highest BCUT2D eigenvalue weighted by molar-refractivity contribution is 5.27. The summed E-state index contributed by atoms with van der Waals surface area (Å²) < 4.78 is 49.2. The highest BCUT2D eigenvalue weighted by Gasteiger charge is 2.40. The maximum atomic E-state index is 13.1. The summed E-state index contributed by atoms with van der Waals surface area (Å²) in [6.07, 6.45) is -7.60. The number of hydrogen-bond acceptors (Lipinski definition) is 1. The van der Waals surface area contributed by atoms with Crippen LogP contribution in [0, 0.1) is 12.7 Å². The van der Waals surface area contributed by atoms with Gasteiger partial charge in [-0.2, -0.15) is 13.2 Å². The average Bonchev–Trinajstić information content (AvgIpc) is 2.07. The second kappa shape index (κ2) is 3.57. The van der Waals surface area contributed by atoms with Gasteiger partial charge < -0.3 is 5.11 Å². The average molecular weight is 208 g/mol. The van der Waals surface area contributed by atoms with Gasteiger partial charge >= 0.3 is 6.18 Å². The lowest BCUT2D eigenvalue weighted by Crippen LogP contribution is -2.21. The molecule has 5 heteroatoms. The van der Waals surface area contributed by atoms with Crippen LogP contribution in [-0.2, 0) is 0 Å². The minimum atomic E-state index is -4.84. The number of aliphatic hydroxyl groups excluding tert-OH is 1. The minimum absolute atomic E-state index is 0.0748. The van der Waals surface area contributed by atoms with Crippen LogP contribution in [-0.4, -0.2) is 11.3 Å². The van der Waals surface area contributed by atoms with E-state index >= 15 is 0 Å². The van der Waals surface area contributed by atoms with Crippen molar-refractivity contribution in [2.75, 3.05) is 0 Å². The smallest absolute Gasteiger partial charge is 0.379 e. The zero-order valence-corrected chi connectivity index (χ0v) is 7.27. The number of hydrogen-bond donors (Lipinski definition) is 1. The van der Waals surface area contributed by atoms with Crippen LogP contribution in [0.4, 0.5) is 17.6 Å². The number of aryl methyl sites for hydroxylation is 1. The van der Waals surface area contributed by atoms with Crippen molar-refractivity contribution in [1.29, 1.82) is 0 Å². The number of rotatable bonds is 1. The van der Waals surface area contributed by atoms with E-state index in [-0.39, 0.29) is 5.56 Å². The fourth-order valence-corrected chi connectivity index (χ4v) is 1.06. The van der Waals surface area contributed by atoms with E-state index in [1.165, 1.54) is 19.1 Å². The maximum Gasteiger partial charge on any atom is 0.418 e. The van der Waals surface area contributed by atoms with Gasteiger partial charge in [0.15, 0.2) is 6.10 Å². The van der Waals surface area contributed by atoms with Crippen LogP contribution in [0.5, 0.6) is 0 Å². The Morgan fingerprint density at radius 2 is 1.86 bits per heavy atom. The quantitative estimate of drug-likeness (QED) is 0.703. The van der Waals surface area contributed by atoms with Gasteiger partial charge in [0.2, 0.25) is 0 Å². The van der Waals surface area contributed by atoms with Crippen molar-refractivity contribution in [2.24, 2.45) is 0 Å². The molecule has 0 saturated carbocycles. The van der Waals surface area contributed by atoms with E-state index in [9.17, 15) is 17.6 Å². The Labute approximate surface area is 78.0 Å². The molecule has 1 rings (SSSR count). The van der Waals surface area contributed by atoms with Gasteiger partial charge in [0.1, 0.15) is 5.82 Å². The van der Waals surface area contributed by atoms with Crippen LogP contribution in [0.1, 0.15) is 17.2 Å². The fraction of sp³-hybridized carbons (Fsp3) is 0.333. The normalized spacial score (nSPS) is 14.1. The summed E-state index contributed by atoms with van der Waals surface area (Å²) in [7, 11) is 0. The molecule has 1 unspecified atom stereocenters. The number of aliphatic hydroxyl groups is 1. The molecule has 0 heterocycles. The molecular formula is C9H8F4O. The van der Waals surface area contributed by atoms with Crippen LogP contribution in [0.25, 0.3) is 0 Å². The predicted molar refractivity (Wildman–Crippen MR) is 42.2 cm³/mol. The zero-order chi connectivity index (χ0) is 10.9. The van der Waals surface area contributed by atoms with E-state index in [2.05, 4.69) is 0 Å². The van der Waals surface area contributed by atoms with Crippen LogP contribution in [0.15, 0.2) is 18.2 Å². The SMILES string of the molecule is Cc1cccc(C(O)C(F)(F)F)c1F. The largest absolute Gasteiger partial charge is 0.418 e. The molecule has 0 radical (unpaired) electrons. The Morgan fingerprint density at radius 1 is 1.29 bits per heavy atom. The second-order valence-electron chi connectivity index (χ2n) is 2.92. The van der Waals surface area contributed by atoms with Gasteiger partial charge in [0.25, 0.3) is 0 Å². The van der Waals surface area contributed by atoms with Gasteiger partial charge in [0, 0.05) is 5.56 Å². The summed E-state index contributed by atoms with van der Waals surface area (Å²) in [4.78, 5) is 0. The monoisotopic (exact) mass is 208 g/mol. The first kappa shape index (κ1) is 11.0. The van der Waals surface area contributed by atoms with Crippen molar-refractivity contribution in [3.63, 3.8) is 0 Å². The molecule has 1 nitrogen and oxygen atoms in total. The Hall–Kier alpha value is -1.10. The number of halogens is 4. The van der Waals surface area contributed by atoms with E-state index in [0.717, 1.165) is 6.07 Å². The number of benzene rings is 1. The predicted octanol–water partition coefficient (Wildman–Crippen LogP) is 2.73. The van der Waals surface area contributed by atoms with Gasteiger partial charge in [-0.15, -0.1) is 0 Å². The Bertz CT molecular complexity index is 332. The topological polar surface area (TPSA) is 20.2 Å². The van der Waals surface area contributed by atoms with Crippen molar-refractivity contribution >= 4 is 0 Å². The Kier molecular flexibility index (Phi) is 2.80. The molecule has 1 N–H and O–H groups in total. The van der Waals surface area contributed by atoms with Crippen molar-refractivity contribution < 1.29 is 22.7 Å². The fourth-order valence-electron chi connectivity index (χ4n) is 1.06. The summed E-state index contributed by atoms with van der Waals surface area (Å²) >= 11 is 0. The molecule has 1 atom stereocenters. The minimum Gasteiger partial charge on any atom is -0.379 e. The first-order chi connectivity index (χ1) is 6.34. The van der Waals surface area contributed by atoms with Gasteiger partial charge in [0.05, 0.1) is 0 Å². The third kappa shape index (κ3) is 2.04. The van der Waals surface area contributed by atoms with E-state index in [1.807, 2.05) is 0 Å². The summed E-state index contributed by atoms with van der Waals surface area (Å²) in [5.41, 5.74) is -0.664. The Balaban J connectivity index is 3.14. The molecule has 0 amide bonds. The molecule has 0 saturated heterocycles. The molecule has 0 spiro atoms. The molecule has 0 aliphatic rings. The molecule has 0 aromatic heterocycles. The molecular weight excluding hydrogens is 200 g/mol. The van der Waals surface area contributed by atoms with Crippen LogP contribution in [0.2, 0.25) is 0 Å². The van der Waals surface area contributed by atoms with Crippen LogP contribution < -0.4 is 0 Å². The zero-order valence-electron chi connectivity index (χ0n) is 7.27. The summed E-state index contributed by atoms with van der Waals surface area (Å²) in [5, 5.41) is 8.80. The van der Waals surface area contributed by atoms with Crippen molar-refractivity contribution in [3.8, 4) is 0 Å². The molecule has 0 aliphatic heterocycles. The molecule has 1 aromatic carbocycles. The molecule has 1 aromatic rings. The van der Waals surface area contributed by atoms with Gasteiger partial charge in [-0.25, -0.2) is 4.39 Å². The van der Waals surface area contributed by atoms with Gasteiger partial charge in [-0.3, -0.25) is 0 Å². The Morgan fingerprint density at radius 3 is 2.36 bits per heavy atom.